The van der Waals surface area contributed by atoms with Crippen LogP contribution in [0.4, 0.5) is 0 Å². The quantitative estimate of drug-likeness (QED) is 0.847. The summed E-state index contributed by atoms with van der Waals surface area (Å²) in [5, 5.41) is 3.73. The number of nitrogens with one attached hydrogen (secondary N) is 1. The third-order valence-corrected chi connectivity index (χ3v) is 4.19. The molecular weight excluding hydrogens is 212 g/mol. The minimum absolute atomic E-state index is 0.721. The maximum atomic E-state index is 4.07. The van der Waals surface area contributed by atoms with Gasteiger partial charge in [-0.15, -0.1) is 0 Å². The summed E-state index contributed by atoms with van der Waals surface area (Å²) in [6.07, 6.45) is 11.3. The Morgan fingerprint density at radius 1 is 1.24 bits per heavy atom. The van der Waals surface area contributed by atoms with E-state index < -0.39 is 0 Å². The van der Waals surface area contributed by atoms with E-state index in [0.29, 0.717) is 0 Å². The van der Waals surface area contributed by atoms with E-state index in [0.717, 1.165) is 25.2 Å². The van der Waals surface area contributed by atoms with Crippen LogP contribution in [-0.4, -0.2) is 46.2 Å². The van der Waals surface area contributed by atoms with Crippen LogP contribution < -0.4 is 5.32 Å². The van der Waals surface area contributed by atoms with Crippen molar-refractivity contribution >= 4 is 0 Å². The van der Waals surface area contributed by atoms with E-state index in [1.165, 1.54) is 38.8 Å². The molecule has 94 valence electrons. The zero-order valence-electron chi connectivity index (χ0n) is 10.4. The lowest BCUT2D eigenvalue weighted by Gasteiger charge is -2.32. The predicted octanol–water partition coefficient (Wildman–Crippen LogP) is 1.10. The summed E-state index contributed by atoms with van der Waals surface area (Å²) in [4.78, 5) is 6.74. The van der Waals surface area contributed by atoms with Gasteiger partial charge in [0.05, 0.1) is 6.33 Å². The molecule has 1 N–H and O–H groups in total. The molecule has 0 saturated carbocycles. The Hall–Kier alpha value is -0.870. The lowest BCUT2D eigenvalue weighted by atomic mass is 9.99. The second-order valence-corrected chi connectivity index (χ2v) is 5.25. The molecule has 1 aromatic rings. The lowest BCUT2D eigenvalue weighted by molar-refractivity contribution is 0.180. The van der Waals surface area contributed by atoms with Crippen molar-refractivity contribution in [2.75, 3.05) is 19.6 Å². The van der Waals surface area contributed by atoms with Gasteiger partial charge in [0.15, 0.2) is 0 Å². The molecule has 2 aliphatic heterocycles. The highest BCUT2D eigenvalue weighted by molar-refractivity contribution is 4.93. The fourth-order valence-electron chi connectivity index (χ4n) is 3.28. The van der Waals surface area contributed by atoms with Crippen molar-refractivity contribution in [1.29, 1.82) is 0 Å². The summed E-state index contributed by atoms with van der Waals surface area (Å²) < 4.78 is 2.14. The fraction of sp³-hybridized carbons (Fsp3) is 0.769. The standard InChI is InChI=1S/C13H22N4/c1-2-7-17-8-4-12(13(17)3-1)15-6-10-16-9-5-14-11-16/h5,9,11-13,15H,1-4,6-8,10H2. The van der Waals surface area contributed by atoms with Gasteiger partial charge in [-0.1, -0.05) is 6.42 Å². The number of aromatic nitrogens is 2. The van der Waals surface area contributed by atoms with Gasteiger partial charge in [0.2, 0.25) is 0 Å². The Balaban J connectivity index is 1.46. The van der Waals surface area contributed by atoms with Crippen molar-refractivity contribution < 1.29 is 0 Å². The molecule has 4 nitrogen and oxygen atoms in total. The molecule has 2 fully saturated rings. The van der Waals surface area contributed by atoms with E-state index in [-0.39, 0.29) is 0 Å². The molecule has 4 heteroatoms. The first kappa shape index (κ1) is 11.2. The maximum absolute atomic E-state index is 4.07. The van der Waals surface area contributed by atoms with Crippen LogP contribution in [0.3, 0.4) is 0 Å². The van der Waals surface area contributed by atoms with E-state index in [2.05, 4.69) is 19.8 Å². The SMILES string of the molecule is c1cn(CCNC2CCN3CCCCC23)cn1. The number of rotatable bonds is 4. The molecule has 0 bridgehead atoms. The van der Waals surface area contributed by atoms with Gasteiger partial charge in [0, 0.05) is 44.1 Å². The Labute approximate surface area is 103 Å². The fourth-order valence-corrected chi connectivity index (χ4v) is 3.28. The van der Waals surface area contributed by atoms with E-state index in [1.54, 1.807) is 0 Å². The number of hydrogen-bond donors (Lipinski definition) is 1. The molecule has 2 aliphatic rings. The number of fused-ring (bicyclic) bond motifs is 1. The van der Waals surface area contributed by atoms with Gasteiger partial charge in [-0.3, -0.25) is 4.90 Å². The van der Waals surface area contributed by atoms with E-state index >= 15 is 0 Å². The van der Waals surface area contributed by atoms with Crippen molar-refractivity contribution in [3.8, 4) is 0 Å². The Morgan fingerprint density at radius 2 is 2.24 bits per heavy atom. The highest BCUT2D eigenvalue weighted by Gasteiger charge is 2.34. The molecule has 0 amide bonds. The van der Waals surface area contributed by atoms with Crippen LogP contribution in [0, 0.1) is 0 Å². The van der Waals surface area contributed by atoms with Gasteiger partial charge in [-0.25, -0.2) is 4.98 Å². The van der Waals surface area contributed by atoms with E-state index in [4.69, 9.17) is 0 Å². The second-order valence-electron chi connectivity index (χ2n) is 5.25. The minimum Gasteiger partial charge on any atom is -0.336 e. The lowest BCUT2D eigenvalue weighted by Crippen LogP contribution is -2.45. The molecule has 2 atom stereocenters. The van der Waals surface area contributed by atoms with Gasteiger partial charge >= 0.3 is 0 Å². The van der Waals surface area contributed by atoms with Crippen molar-refractivity contribution in [3.63, 3.8) is 0 Å². The molecule has 3 rings (SSSR count). The molecule has 0 aliphatic carbocycles. The number of imidazole rings is 1. The summed E-state index contributed by atoms with van der Waals surface area (Å²) >= 11 is 0. The van der Waals surface area contributed by atoms with Crippen LogP contribution >= 0.6 is 0 Å². The van der Waals surface area contributed by atoms with Crippen LogP contribution in [0.15, 0.2) is 18.7 Å². The van der Waals surface area contributed by atoms with Crippen molar-refractivity contribution in [1.82, 2.24) is 19.8 Å². The molecule has 17 heavy (non-hydrogen) atoms. The largest absolute Gasteiger partial charge is 0.336 e. The predicted molar refractivity (Wildman–Crippen MR) is 67.8 cm³/mol. The molecule has 2 unspecified atom stereocenters. The minimum atomic E-state index is 0.721. The topological polar surface area (TPSA) is 33.1 Å². The normalized spacial score (nSPS) is 29.4. The zero-order chi connectivity index (χ0) is 11.5. The summed E-state index contributed by atoms with van der Waals surface area (Å²) in [7, 11) is 0. The molecule has 0 aromatic carbocycles. The number of piperidine rings is 1. The Kier molecular flexibility index (Phi) is 3.43. The first-order valence-corrected chi connectivity index (χ1v) is 6.87. The second kappa shape index (κ2) is 5.19. The molecule has 0 radical (unpaired) electrons. The highest BCUT2D eigenvalue weighted by atomic mass is 15.2. The molecule has 2 saturated heterocycles. The van der Waals surface area contributed by atoms with Crippen molar-refractivity contribution in [3.05, 3.63) is 18.7 Å². The summed E-state index contributed by atoms with van der Waals surface area (Å²) in [6.45, 7) is 4.71. The first-order valence-electron chi connectivity index (χ1n) is 6.87. The van der Waals surface area contributed by atoms with Crippen LogP contribution in [0.1, 0.15) is 25.7 Å². The average Bonchev–Trinajstić information content (AvgIpc) is 2.99. The molecule has 1 aromatic heterocycles. The van der Waals surface area contributed by atoms with Gasteiger partial charge in [0.1, 0.15) is 0 Å². The smallest absolute Gasteiger partial charge is 0.0946 e. The van der Waals surface area contributed by atoms with Crippen molar-refractivity contribution in [2.24, 2.45) is 0 Å². The van der Waals surface area contributed by atoms with Crippen molar-refractivity contribution in [2.45, 2.75) is 44.3 Å². The Bertz CT molecular complexity index is 335. The number of nitrogens with zero attached hydrogens (tertiary/aromatic N) is 3. The van der Waals surface area contributed by atoms with Crippen LogP contribution in [0.2, 0.25) is 0 Å². The van der Waals surface area contributed by atoms with E-state index in [9.17, 15) is 0 Å². The van der Waals surface area contributed by atoms with Crippen LogP contribution in [0.25, 0.3) is 0 Å². The van der Waals surface area contributed by atoms with Crippen LogP contribution in [0.5, 0.6) is 0 Å². The molecule has 0 spiro atoms. The summed E-state index contributed by atoms with van der Waals surface area (Å²) in [5.41, 5.74) is 0. The third kappa shape index (κ3) is 2.53. The van der Waals surface area contributed by atoms with E-state index in [1.807, 2.05) is 18.7 Å². The first-order chi connectivity index (χ1) is 8.43. The molecule has 3 heterocycles. The molecular formula is C13H22N4. The van der Waals surface area contributed by atoms with Crippen LogP contribution in [-0.2, 0) is 6.54 Å². The maximum Gasteiger partial charge on any atom is 0.0946 e. The monoisotopic (exact) mass is 234 g/mol. The van der Waals surface area contributed by atoms with Gasteiger partial charge < -0.3 is 9.88 Å². The third-order valence-electron chi connectivity index (χ3n) is 4.19. The van der Waals surface area contributed by atoms with Gasteiger partial charge in [-0.05, 0) is 25.8 Å². The zero-order valence-corrected chi connectivity index (χ0v) is 10.4. The van der Waals surface area contributed by atoms with Gasteiger partial charge in [0.25, 0.3) is 0 Å². The number of hydrogen-bond acceptors (Lipinski definition) is 3. The summed E-state index contributed by atoms with van der Waals surface area (Å²) in [5.74, 6) is 0. The Morgan fingerprint density at radius 3 is 3.12 bits per heavy atom. The average molecular weight is 234 g/mol. The van der Waals surface area contributed by atoms with Gasteiger partial charge in [-0.2, -0.15) is 0 Å². The highest BCUT2D eigenvalue weighted by Crippen LogP contribution is 2.26. The summed E-state index contributed by atoms with van der Waals surface area (Å²) in [6, 6.07) is 1.53.